The summed E-state index contributed by atoms with van der Waals surface area (Å²) < 4.78 is 24.6. The number of ketones is 1. The zero-order valence-electron chi connectivity index (χ0n) is 39.4. The number of aldehydes is 1. The van der Waals surface area contributed by atoms with Gasteiger partial charge in [0.1, 0.15) is 12.3 Å². The maximum absolute atomic E-state index is 15.6. The molecule has 8 rings (SSSR count). The van der Waals surface area contributed by atoms with Gasteiger partial charge in [-0.15, -0.1) is 0 Å². The number of aromatic nitrogens is 1. The van der Waals surface area contributed by atoms with Gasteiger partial charge in [-0.05, 0) is 149 Å². The van der Waals surface area contributed by atoms with Crippen LogP contribution < -0.4 is 0 Å². The minimum absolute atomic E-state index is 0.00873. The van der Waals surface area contributed by atoms with Crippen LogP contribution >= 0.6 is 0 Å². The van der Waals surface area contributed by atoms with Crippen LogP contribution in [-0.2, 0) is 30.2 Å². The van der Waals surface area contributed by atoms with Crippen molar-refractivity contribution in [1.82, 2.24) is 4.57 Å². The molecule has 2 unspecified atom stereocenters. The van der Waals surface area contributed by atoms with Crippen LogP contribution in [0.1, 0.15) is 174 Å². The molecule has 3 heterocycles. The molecule has 2 aliphatic heterocycles. The predicted octanol–water partition coefficient (Wildman–Crippen LogP) is 13.2. The zero-order valence-corrected chi connectivity index (χ0v) is 41.4. The molecular weight excluding hydrogens is 763 g/mol. The average molecular weight is 840 g/mol. The first kappa shape index (κ1) is 43.5. The fourth-order valence-corrected chi connectivity index (χ4v) is 21.0. The Balaban J connectivity index is 1.37. The first-order chi connectivity index (χ1) is 27.7. The Bertz CT molecular complexity index is 2100. The van der Waals surface area contributed by atoms with Crippen LogP contribution in [0.25, 0.3) is 16.5 Å². The molecule has 0 N–H and O–H groups in total. The molecule has 59 heavy (non-hydrogen) atoms. The standard InChI is InChI=1S/C51H77NO5Si2/c1-16-58(17-2,18-3)55-38-24-25-50(14)37(49(38,13)26-27-53)23-22-32-28-35-34-29-33-36-30-47(9,10)57-48(11,12)41(36)45(56-59(19-4,20-5)21-6)39(33)40-43(34)52(46(35)51(32,50)15)42(31(7)8)44(40)54/h27,29-30,32,37-38,41-42,45H,7,16-26,28H2,1-6,8-15H3/t32?,37-,38-,41?,42-,45+,49-,50-,51+/m0/s1. The van der Waals surface area contributed by atoms with Crippen molar-refractivity contribution in [2.45, 2.75) is 207 Å². The number of fused-ring (bicyclic) bond motifs is 11. The van der Waals surface area contributed by atoms with E-state index in [-0.39, 0.29) is 40.2 Å². The molecule has 4 aliphatic carbocycles. The van der Waals surface area contributed by atoms with Gasteiger partial charge in [0.2, 0.25) is 0 Å². The second kappa shape index (κ2) is 14.2. The number of hydrogen-bond donors (Lipinski definition) is 0. The van der Waals surface area contributed by atoms with E-state index < -0.39 is 33.9 Å². The molecule has 1 aromatic heterocycles. The molecule has 0 saturated heterocycles. The molecule has 0 bridgehead atoms. The van der Waals surface area contributed by atoms with Gasteiger partial charge in [0.25, 0.3) is 0 Å². The number of ether oxygens (including phenoxy) is 1. The first-order valence-electron chi connectivity index (χ1n) is 23.8. The third kappa shape index (κ3) is 5.69. The topological polar surface area (TPSA) is 66.8 Å². The lowest BCUT2D eigenvalue weighted by molar-refractivity contribution is -0.163. The molecule has 2 saturated carbocycles. The first-order valence-corrected chi connectivity index (χ1v) is 28.9. The van der Waals surface area contributed by atoms with Crippen molar-refractivity contribution in [3.63, 3.8) is 0 Å². The van der Waals surface area contributed by atoms with E-state index >= 15 is 4.79 Å². The van der Waals surface area contributed by atoms with Gasteiger partial charge in [-0.25, -0.2) is 0 Å². The molecular formula is C51H77NO5Si2. The van der Waals surface area contributed by atoms with Crippen molar-refractivity contribution in [3.05, 3.63) is 52.2 Å². The van der Waals surface area contributed by atoms with Crippen molar-refractivity contribution < 1.29 is 23.2 Å². The molecule has 6 aliphatic rings. The SMILES string of the molecule is C=C(C)[C@H]1C(=O)c2c3c(cc4c5c(n1c24)[C@@]1(C)C(CC[C@H]2[C@](C)(CC=O)[C@@H](O[Si](CC)(CC)CC)CC[C@@]21C)C5)C1=CC(C)(C)OC(C)(C)C1[C@@H]3O[Si](CC)(CC)CC. The molecule has 9 atom stereocenters. The molecule has 324 valence electrons. The van der Waals surface area contributed by atoms with E-state index in [2.05, 4.69) is 120 Å². The smallest absolute Gasteiger partial charge is 0.192 e. The van der Waals surface area contributed by atoms with Gasteiger partial charge < -0.3 is 23.0 Å². The molecule has 0 amide bonds. The Hall–Kier alpha value is -2.11. The summed E-state index contributed by atoms with van der Waals surface area (Å²) in [4.78, 5) is 28.4. The van der Waals surface area contributed by atoms with E-state index in [4.69, 9.17) is 13.6 Å². The summed E-state index contributed by atoms with van der Waals surface area (Å²) in [7, 11) is -4.06. The Morgan fingerprint density at radius 3 is 2.10 bits per heavy atom. The van der Waals surface area contributed by atoms with Gasteiger partial charge in [-0.2, -0.15) is 0 Å². The van der Waals surface area contributed by atoms with Crippen LogP contribution in [0.5, 0.6) is 0 Å². The Kier molecular flexibility index (Phi) is 10.5. The summed E-state index contributed by atoms with van der Waals surface area (Å²) >= 11 is 0. The number of hydrogen-bond acceptors (Lipinski definition) is 5. The minimum Gasteiger partial charge on any atom is -0.413 e. The quantitative estimate of drug-likeness (QED) is 0.114. The number of Topliss-reactive ketones (excluding diaryl/α,β-unsaturated/α-hetero) is 1. The third-order valence-corrected chi connectivity index (χ3v) is 28.1. The fraction of sp³-hybridized carbons (Fsp3) is 0.725. The molecule has 1 aromatic carbocycles. The maximum Gasteiger partial charge on any atom is 0.192 e. The van der Waals surface area contributed by atoms with E-state index in [0.717, 1.165) is 90.6 Å². The predicted molar refractivity (Wildman–Crippen MR) is 247 cm³/mol. The lowest BCUT2D eigenvalue weighted by atomic mass is 9.40. The van der Waals surface area contributed by atoms with Crippen LogP contribution in [-0.4, -0.2) is 50.6 Å². The molecule has 6 nitrogen and oxygen atoms in total. The Labute approximate surface area is 358 Å². The highest BCUT2D eigenvalue weighted by molar-refractivity contribution is 6.74. The maximum atomic E-state index is 15.6. The summed E-state index contributed by atoms with van der Waals surface area (Å²) in [6, 6.07) is 8.54. The summed E-state index contributed by atoms with van der Waals surface area (Å²) in [5.74, 6) is 0.963. The highest BCUT2D eigenvalue weighted by Crippen LogP contribution is 2.72. The largest absolute Gasteiger partial charge is 0.413 e. The van der Waals surface area contributed by atoms with E-state index in [9.17, 15) is 4.79 Å². The summed E-state index contributed by atoms with van der Waals surface area (Å²) in [5.41, 5.74) is 7.90. The molecule has 0 spiro atoms. The van der Waals surface area contributed by atoms with Crippen molar-refractivity contribution in [1.29, 1.82) is 0 Å². The average Bonchev–Trinajstić information content (AvgIpc) is 3.86. The van der Waals surface area contributed by atoms with Crippen molar-refractivity contribution in [2.24, 2.45) is 28.6 Å². The monoisotopic (exact) mass is 840 g/mol. The minimum atomic E-state index is -2.14. The van der Waals surface area contributed by atoms with E-state index in [1.54, 1.807) is 0 Å². The van der Waals surface area contributed by atoms with Crippen molar-refractivity contribution in [3.8, 4) is 0 Å². The second-order valence-corrected chi connectivity index (χ2v) is 31.5. The van der Waals surface area contributed by atoms with Gasteiger partial charge in [0, 0.05) is 39.8 Å². The van der Waals surface area contributed by atoms with Gasteiger partial charge in [0.15, 0.2) is 22.4 Å². The zero-order chi connectivity index (χ0) is 43.0. The number of allylic oxidation sites excluding steroid dienone is 1. The molecule has 2 aromatic rings. The number of rotatable bonds is 13. The van der Waals surface area contributed by atoms with E-state index in [1.165, 1.54) is 34.1 Å². The Morgan fingerprint density at radius 2 is 1.53 bits per heavy atom. The third-order valence-electron chi connectivity index (χ3n) is 18.8. The van der Waals surface area contributed by atoms with Crippen molar-refractivity contribution >= 4 is 45.2 Å². The number of nitrogens with zero attached hydrogens (tertiary/aromatic N) is 1. The number of carbonyl (C=O) groups excluding carboxylic acids is 2. The number of carbonyl (C=O) groups is 2. The van der Waals surface area contributed by atoms with Crippen molar-refractivity contribution in [2.75, 3.05) is 0 Å². The Morgan fingerprint density at radius 1 is 0.915 bits per heavy atom. The second-order valence-electron chi connectivity index (χ2n) is 22.0. The summed E-state index contributed by atoms with van der Waals surface area (Å²) in [6.45, 7) is 37.0. The molecule has 2 fully saturated rings. The highest BCUT2D eigenvalue weighted by atomic mass is 28.4. The van der Waals surface area contributed by atoms with Gasteiger partial charge in [-0.1, -0.05) is 74.5 Å². The van der Waals surface area contributed by atoms with Crippen LogP contribution in [0.15, 0.2) is 24.3 Å². The summed E-state index contributed by atoms with van der Waals surface area (Å²) in [6.07, 6.45) is 9.24. The fourth-order valence-electron chi connectivity index (χ4n) is 15.3. The summed E-state index contributed by atoms with van der Waals surface area (Å²) in [5, 5.41) is 1.27. The van der Waals surface area contributed by atoms with E-state index in [0.29, 0.717) is 18.3 Å². The lowest BCUT2D eigenvalue weighted by Crippen LogP contribution is -2.64. The van der Waals surface area contributed by atoms with Crippen LogP contribution in [0.2, 0.25) is 36.3 Å². The molecule has 0 radical (unpaired) electrons. The molecule has 8 heteroatoms. The lowest BCUT2D eigenvalue weighted by Gasteiger charge is -2.66. The number of benzene rings is 1. The highest BCUT2D eigenvalue weighted by Gasteiger charge is 2.69. The van der Waals surface area contributed by atoms with Gasteiger partial charge in [0.05, 0.1) is 34.5 Å². The van der Waals surface area contributed by atoms with E-state index in [1.807, 2.05) is 0 Å². The van der Waals surface area contributed by atoms with Gasteiger partial charge >= 0.3 is 0 Å². The van der Waals surface area contributed by atoms with Crippen LogP contribution in [0, 0.1) is 28.6 Å². The van der Waals surface area contributed by atoms with Gasteiger partial charge in [-0.3, -0.25) is 4.79 Å². The van der Waals surface area contributed by atoms with Crippen LogP contribution in [0.3, 0.4) is 0 Å². The normalized spacial score (nSPS) is 35.2. The van der Waals surface area contributed by atoms with Crippen LogP contribution in [0.4, 0.5) is 0 Å².